The van der Waals surface area contributed by atoms with Gasteiger partial charge in [-0.2, -0.15) is 4.68 Å². The van der Waals surface area contributed by atoms with Crippen LogP contribution in [-0.2, 0) is 5.54 Å². The van der Waals surface area contributed by atoms with Crippen molar-refractivity contribution in [2.75, 3.05) is 7.05 Å². The van der Waals surface area contributed by atoms with Crippen LogP contribution in [0.2, 0.25) is 0 Å². The van der Waals surface area contributed by atoms with Crippen LogP contribution in [0.15, 0.2) is 48.5 Å². The molecule has 1 heterocycles. The minimum absolute atomic E-state index is 0.407. The first kappa shape index (κ1) is 21.0. The first-order valence-corrected chi connectivity index (χ1v) is 10.8. The Labute approximate surface area is 183 Å². The normalized spacial score (nSPS) is 21.0. The van der Waals surface area contributed by atoms with Gasteiger partial charge >= 0.3 is 6.09 Å². The summed E-state index contributed by atoms with van der Waals surface area (Å²) in [6.07, 6.45) is 3.13. The molecule has 7 nitrogen and oxygen atoms in total. The lowest BCUT2D eigenvalue weighted by molar-refractivity contribution is 0.0514. The van der Waals surface area contributed by atoms with E-state index in [9.17, 15) is 4.79 Å². The van der Waals surface area contributed by atoms with E-state index in [4.69, 9.17) is 4.74 Å². The number of aryl methyl sites for hydroxylation is 2. The molecule has 0 bridgehead atoms. The molecule has 1 aliphatic carbocycles. The highest BCUT2D eigenvalue weighted by Gasteiger charge is 2.47. The highest BCUT2D eigenvalue weighted by molar-refractivity contribution is 5.71. The van der Waals surface area contributed by atoms with E-state index in [0.717, 1.165) is 36.9 Å². The molecule has 3 aromatic rings. The number of benzene rings is 2. The predicted molar refractivity (Wildman–Crippen MR) is 118 cm³/mol. The van der Waals surface area contributed by atoms with Crippen molar-refractivity contribution >= 4 is 6.09 Å². The Hall–Kier alpha value is -3.22. The number of rotatable bonds is 4. The van der Waals surface area contributed by atoms with Crippen LogP contribution in [0.5, 0.6) is 5.75 Å². The Morgan fingerprint density at radius 2 is 1.84 bits per heavy atom. The quantitative estimate of drug-likeness (QED) is 0.606. The summed E-state index contributed by atoms with van der Waals surface area (Å²) in [4.78, 5) is 14.9. The predicted octanol–water partition coefficient (Wildman–Crippen LogP) is 4.82. The Morgan fingerprint density at radius 3 is 2.52 bits per heavy atom. The molecule has 0 N–H and O–H groups in total. The van der Waals surface area contributed by atoms with Gasteiger partial charge in [0.05, 0.1) is 5.69 Å². The smallest absolute Gasteiger partial charge is 0.410 e. The number of ether oxygens (including phenoxy) is 1. The van der Waals surface area contributed by atoms with Gasteiger partial charge in [0.25, 0.3) is 0 Å². The van der Waals surface area contributed by atoms with Gasteiger partial charge in [-0.3, -0.25) is 4.90 Å². The first-order chi connectivity index (χ1) is 14.9. The van der Waals surface area contributed by atoms with Crippen molar-refractivity contribution in [3.8, 4) is 11.4 Å². The van der Waals surface area contributed by atoms with Crippen LogP contribution in [0.3, 0.4) is 0 Å². The van der Waals surface area contributed by atoms with Crippen LogP contribution >= 0.6 is 0 Å². The van der Waals surface area contributed by atoms with Crippen molar-refractivity contribution in [2.45, 2.75) is 52.0 Å². The van der Waals surface area contributed by atoms with Crippen LogP contribution in [0.4, 0.5) is 4.79 Å². The molecule has 1 saturated carbocycles. The maximum Gasteiger partial charge on any atom is 0.415 e. The Bertz CT molecular complexity index is 1050. The largest absolute Gasteiger partial charge is 0.415 e. The summed E-state index contributed by atoms with van der Waals surface area (Å²) < 4.78 is 7.46. The van der Waals surface area contributed by atoms with Crippen molar-refractivity contribution < 1.29 is 9.53 Å². The Balaban J connectivity index is 1.74. The third kappa shape index (κ3) is 4.04. The molecule has 31 heavy (non-hydrogen) atoms. The highest BCUT2D eigenvalue weighted by Crippen LogP contribution is 2.43. The number of para-hydroxylation sites is 1. The molecule has 1 aromatic heterocycles. The third-order valence-corrected chi connectivity index (χ3v) is 6.43. The molecule has 0 saturated heterocycles. The van der Waals surface area contributed by atoms with Gasteiger partial charge in [-0.05, 0) is 79.6 Å². The average molecular weight is 420 g/mol. The van der Waals surface area contributed by atoms with E-state index in [1.54, 1.807) is 28.8 Å². The minimum atomic E-state index is -0.640. The van der Waals surface area contributed by atoms with Gasteiger partial charge in [-0.25, -0.2) is 4.79 Å². The molecule has 1 aliphatic rings. The van der Waals surface area contributed by atoms with Crippen LogP contribution in [-0.4, -0.2) is 38.2 Å². The van der Waals surface area contributed by atoms with E-state index >= 15 is 0 Å². The van der Waals surface area contributed by atoms with E-state index in [1.807, 2.05) is 24.3 Å². The molecular formula is C24H29N5O2. The fraction of sp³-hybridized carbons (Fsp3) is 0.417. The van der Waals surface area contributed by atoms with Crippen molar-refractivity contribution in [1.82, 2.24) is 25.1 Å². The number of carbonyl (C=O) groups excluding carboxylic acids is 1. The number of hydrogen-bond acceptors (Lipinski definition) is 5. The van der Waals surface area contributed by atoms with Gasteiger partial charge in [0.1, 0.15) is 11.3 Å². The minimum Gasteiger partial charge on any atom is -0.410 e. The van der Waals surface area contributed by atoms with Crippen LogP contribution in [0.1, 0.15) is 49.6 Å². The van der Waals surface area contributed by atoms with Crippen molar-refractivity contribution in [3.63, 3.8) is 0 Å². The lowest BCUT2D eigenvalue weighted by Gasteiger charge is -2.44. The number of hydrogen-bond donors (Lipinski definition) is 0. The second kappa shape index (κ2) is 8.49. The Kier molecular flexibility index (Phi) is 5.76. The summed E-state index contributed by atoms with van der Waals surface area (Å²) in [5.74, 6) is 1.80. The molecule has 2 aromatic carbocycles. The van der Waals surface area contributed by atoms with Gasteiger partial charge in [0.2, 0.25) is 0 Å². The molecular weight excluding hydrogens is 390 g/mol. The summed E-state index contributed by atoms with van der Waals surface area (Å²) in [6.45, 7) is 6.37. The summed E-state index contributed by atoms with van der Waals surface area (Å²) in [6, 6.07) is 15.3. The monoisotopic (exact) mass is 419 g/mol. The van der Waals surface area contributed by atoms with Gasteiger partial charge in [-0.15, -0.1) is 5.10 Å². The fourth-order valence-electron chi connectivity index (χ4n) is 4.46. The van der Waals surface area contributed by atoms with Gasteiger partial charge in [-0.1, -0.05) is 42.8 Å². The SMILES string of the molecule is Cc1ccc(-n2nnnc2C2(N(C)C(=O)Oc3ccccc3)CCC(C)CC2)c(C)c1. The average Bonchev–Trinajstić information content (AvgIpc) is 3.25. The molecule has 0 radical (unpaired) electrons. The molecule has 1 amide bonds. The third-order valence-electron chi connectivity index (χ3n) is 6.43. The number of nitrogens with zero attached hydrogens (tertiary/aromatic N) is 5. The molecule has 162 valence electrons. The summed E-state index contributed by atoms with van der Waals surface area (Å²) in [5, 5.41) is 12.8. The molecule has 0 atom stereocenters. The van der Waals surface area contributed by atoms with E-state index in [-0.39, 0.29) is 0 Å². The van der Waals surface area contributed by atoms with Gasteiger partial charge in [0, 0.05) is 7.05 Å². The maximum atomic E-state index is 13.2. The molecule has 0 unspecified atom stereocenters. The zero-order chi connectivity index (χ0) is 22.0. The summed E-state index contributed by atoms with van der Waals surface area (Å²) in [5.41, 5.74) is 2.55. The molecule has 0 aliphatic heterocycles. The van der Waals surface area contributed by atoms with E-state index in [0.29, 0.717) is 17.5 Å². The van der Waals surface area contributed by atoms with E-state index in [2.05, 4.69) is 48.4 Å². The van der Waals surface area contributed by atoms with Gasteiger partial charge < -0.3 is 4.74 Å². The van der Waals surface area contributed by atoms with E-state index < -0.39 is 11.6 Å². The first-order valence-electron chi connectivity index (χ1n) is 10.8. The van der Waals surface area contributed by atoms with Crippen molar-refractivity contribution in [1.29, 1.82) is 0 Å². The summed E-state index contributed by atoms with van der Waals surface area (Å²) >= 11 is 0. The molecule has 4 rings (SSSR count). The van der Waals surface area contributed by atoms with Crippen LogP contribution < -0.4 is 4.74 Å². The van der Waals surface area contributed by atoms with Gasteiger partial charge in [0.15, 0.2) is 5.82 Å². The number of amides is 1. The molecule has 0 spiro atoms. The summed E-state index contributed by atoms with van der Waals surface area (Å²) in [7, 11) is 1.79. The second-order valence-corrected chi connectivity index (χ2v) is 8.66. The lowest BCUT2D eigenvalue weighted by Crippen LogP contribution is -2.51. The Morgan fingerprint density at radius 1 is 1.13 bits per heavy atom. The molecule has 7 heteroatoms. The lowest BCUT2D eigenvalue weighted by atomic mass is 9.75. The standard InChI is InChI=1S/C24H29N5O2/c1-17-12-14-24(15-13-17,28(4)23(30)31-20-8-6-5-7-9-20)22-25-26-27-29(22)21-11-10-18(2)16-19(21)3/h5-11,16-17H,12-15H2,1-4H3. The van der Waals surface area contributed by atoms with Crippen LogP contribution in [0.25, 0.3) is 5.69 Å². The topological polar surface area (TPSA) is 73.1 Å². The van der Waals surface area contributed by atoms with Crippen molar-refractivity contribution in [3.05, 3.63) is 65.5 Å². The number of aromatic nitrogens is 4. The number of tetrazole rings is 1. The maximum absolute atomic E-state index is 13.2. The number of carbonyl (C=O) groups is 1. The second-order valence-electron chi connectivity index (χ2n) is 8.66. The van der Waals surface area contributed by atoms with Crippen molar-refractivity contribution in [2.24, 2.45) is 5.92 Å². The van der Waals surface area contributed by atoms with Crippen LogP contribution in [0, 0.1) is 19.8 Å². The van der Waals surface area contributed by atoms with E-state index in [1.165, 1.54) is 5.56 Å². The zero-order valence-electron chi connectivity index (χ0n) is 18.6. The highest BCUT2D eigenvalue weighted by atomic mass is 16.6. The molecule has 1 fully saturated rings. The zero-order valence-corrected chi connectivity index (χ0v) is 18.6. The fourth-order valence-corrected chi connectivity index (χ4v) is 4.46.